The molecule has 2 rings (SSSR count). The summed E-state index contributed by atoms with van der Waals surface area (Å²) < 4.78 is 5.63. The van der Waals surface area contributed by atoms with Gasteiger partial charge in [0.15, 0.2) is 0 Å². The van der Waals surface area contributed by atoms with E-state index in [1.807, 2.05) is 11.3 Å². The van der Waals surface area contributed by atoms with Gasteiger partial charge in [-0.3, -0.25) is 0 Å². The van der Waals surface area contributed by atoms with Crippen LogP contribution in [0.4, 0.5) is 0 Å². The van der Waals surface area contributed by atoms with E-state index in [2.05, 4.69) is 31.1 Å². The van der Waals surface area contributed by atoms with Crippen molar-refractivity contribution in [1.82, 2.24) is 10.3 Å². The van der Waals surface area contributed by atoms with Crippen molar-refractivity contribution in [3.63, 3.8) is 0 Å². The molecule has 0 amide bonds. The fourth-order valence-corrected chi connectivity index (χ4v) is 3.52. The van der Waals surface area contributed by atoms with Crippen molar-refractivity contribution in [1.29, 1.82) is 0 Å². The maximum absolute atomic E-state index is 5.63. The quantitative estimate of drug-likeness (QED) is 0.803. The number of rotatable bonds is 6. The van der Waals surface area contributed by atoms with Crippen molar-refractivity contribution >= 4 is 11.3 Å². The fraction of sp³-hybridized carbons (Fsp3) is 0.786. The minimum absolute atomic E-state index is 0.417. The lowest BCUT2D eigenvalue weighted by atomic mass is 10.1. The van der Waals surface area contributed by atoms with Crippen LogP contribution < -0.4 is 5.32 Å². The van der Waals surface area contributed by atoms with Gasteiger partial charge >= 0.3 is 0 Å². The van der Waals surface area contributed by atoms with Gasteiger partial charge in [0.25, 0.3) is 0 Å². The van der Waals surface area contributed by atoms with Gasteiger partial charge in [-0.2, -0.15) is 0 Å². The molecule has 0 bridgehead atoms. The first-order valence-corrected chi connectivity index (χ1v) is 7.77. The summed E-state index contributed by atoms with van der Waals surface area (Å²) in [5.41, 5.74) is 1.18. The highest BCUT2D eigenvalue weighted by Crippen LogP contribution is 2.24. The summed E-state index contributed by atoms with van der Waals surface area (Å²) in [6.45, 7) is 8.44. The third-order valence-electron chi connectivity index (χ3n) is 3.51. The molecule has 102 valence electrons. The lowest BCUT2D eigenvalue weighted by Crippen LogP contribution is -2.21. The number of hydrogen-bond acceptors (Lipinski definition) is 4. The highest BCUT2D eigenvalue weighted by atomic mass is 32.1. The first kappa shape index (κ1) is 14.0. The summed E-state index contributed by atoms with van der Waals surface area (Å²) in [7, 11) is 0. The predicted octanol–water partition coefficient (Wildman–Crippen LogP) is 3.37. The van der Waals surface area contributed by atoms with Crippen molar-refractivity contribution < 1.29 is 4.74 Å². The van der Waals surface area contributed by atoms with E-state index in [1.54, 1.807) is 0 Å². The van der Waals surface area contributed by atoms with Gasteiger partial charge in [0.2, 0.25) is 0 Å². The van der Waals surface area contributed by atoms with E-state index in [4.69, 9.17) is 4.74 Å². The Kier molecular flexibility index (Phi) is 5.15. The normalized spacial score (nSPS) is 21.4. The van der Waals surface area contributed by atoms with Crippen LogP contribution in [0.5, 0.6) is 0 Å². The van der Waals surface area contributed by atoms with Crippen molar-refractivity contribution in [2.75, 3.05) is 13.2 Å². The number of aryl methyl sites for hydroxylation is 2. The largest absolute Gasteiger partial charge is 0.378 e. The summed E-state index contributed by atoms with van der Waals surface area (Å²) in [4.78, 5) is 5.86. The van der Waals surface area contributed by atoms with Crippen LogP contribution in [0.1, 0.15) is 54.2 Å². The first-order chi connectivity index (χ1) is 8.66. The van der Waals surface area contributed by atoms with Crippen LogP contribution in [-0.2, 0) is 4.74 Å². The summed E-state index contributed by atoms with van der Waals surface area (Å²) >= 11 is 1.81. The second-order valence-electron chi connectivity index (χ2n) is 5.14. The van der Waals surface area contributed by atoms with Gasteiger partial charge in [0.1, 0.15) is 0 Å². The lowest BCUT2D eigenvalue weighted by Gasteiger charge is -2.14. The second-order valence-corrected chi connectivity index (χ2v) is 6.37. The smallest absolute Gasteiger partial charge is 0.0900 e. The molecule has 1 N–H and O–H groups in total. The molecule has 4 heteroatoms. The van der Waals surface area contributed by atoms with Crippen LogP contribution in [0.15, 0.2) is 0 Å². The minimum atomic E-state index is 0.417. The highest BCUT2D eigenvalue weighted by molar-refractivity contribution is 7.11. The zero-order valence-electron chi connectivity index (χ0n) is 11.7. The zero-order valence-corrected chi connectivity index (χ0v) is 12.5. The number of aromatic nitrogens is 1. The number of hydrogen-bond donors (Lipinski definition) is 1. The Balaban J connectivity index is 1.68. The molecule has 1 aliphatic rings. The third kappa shape index (κ3) is 3.77. The van der Waals surface area contributed by atoms with Crippen molar-refractivity contribution in [2.45, 2.75) is 58.6 Å². The van der Waals surface area contributed by atoms with E-state index < -0.39 is 0 Å². The Hall–Kier alpha value is -0.450. The van der Waals surface area contributed by atoms with Crippen LogP contribution in [0, 0.1) is 13.8 Å². The van der Waals surface area contributed by atoms with Gasteiger partial charge in [-0.15, -0.1) is 11.3 Å². The minimum Gasteiger partial charge on any atom is -0.378 e. The van der Waals surface area contributed by atoms with Crippen molar-refractivity contribution in [3.8, 4) is 0 Å². The number of nitrogens with zero attached hydrogens (tertiary/aromatic N) is 1. The first-order valence-electron chi connectivity index (χ1n) is 6.95. The fourth-order valence-electron chi connectivity index (χ4n) is 2.56. The van der Waals surface area contributed by atoms with Crippen LogP contribution in [0.25, 0.3) is 0 Å². The van der Waals surface area contributed by atoms with Crippen LogP contribution in [-0.4, -0.2) is 24.2 Å². The lowest BCUT2D eigenvalue weighted by molar-refractivity contribution is 0.102. The molecule has 0 spiro atoms. The zero-order chi connectivity index (χ0) is 13.0. The van der Waals surface area contributed by atoms with Gasteiger partial charge in [0, 0.05) is 17.5 Å². The molecule has 1 aliphatic heterocycles. The van der Waals surface area contributed by atoms with E-state index >= 15 is 0 Å². The number of thiazole rings is 1. The van der Waals surface area contributed by atoms with E-state index in [0.717, 1.165) is 18.2 Å². The maximum atomic E-state index is 5.63. The van der Waals surface area contributed by atoms with Crippen molar-refractivity contribution in [3.05, 3.63) is 15.6 Å². The van der Waals surface area contributed by atoms with E-state index in [1.165, 1.54) is 36.3 Å². The predicted molar refractivity (Wildman–Crippen MR) is 76.2 cm³/mol. The average Bonchev–Trinajstić information content (AvgIpc) is 2.94. The maximum Gasteiger partial charge on any atom is 0.0900 e. The highest BCUT2D eigenvalue weighted by Gasteiger charge is 2.15. The summed E-state index contributed by atoms with van der Waals surface area (Å²) in [5.74, 6) is 0. The SMILES string of the molecule is Cc1nc(C)c(C(C)NCCCC2CCCO2)s1. The molecule has 1 saturated heterocycles. The molecule has 0 aliphatic carbocycles. The molecule has 0 radical (unpaired) electrons. The number of nitrogens with one attached hydrogen (secondary N) is 1. The Morgan fingerprint density at radius 1 is 1.50 bits per heavy atom. The molecule has 0 saturated carbocycles. The van der Waals surface area contributed by atoms with Gasteiger partial charge in [-0.25, -0.2) is 4.98 Å². The molecule has 2 unspecified atom stereocenters. The number of ether oxygens (including phenoxy) is 1. The second kappa shape index (κ2) is 6.64. The molecular weight excluding hydrogens is 244 g/mol. The van der Waals surface area contributed by atoms with Gasteiger partial charge in [-0.1, -0.05) is 0 Å². The summed E-state index contributed by atoms with van der Waals surface area (Å²) in [6, 6.07) is 0.417. The van der Waals surface area contributed by atoms with Crippen LogP contribution in [0.3, 0.4) is 0 Å². The van der Waals surface area contributed by atoms with E-state index in [-0.39, 0.29) is 0 Å². The molecule has 3 nitrogen and oxygen atoms in total. The Morgan fingerprint density at radius 3 is 2.94 bits per heavy atom. The Labute approximate surface area is 114 Å². The topological polar surface area (TPSA) is 34.2 Å². The Morgan fingerprint density at radius 2 is 2.33 bits per heavy atom. The monoisotopic (exact) mass is 268 g/mol. The van der Waals surface area contributed by atoms with Gasteiger partial charge in [-0.05, 0) is 53.0 Å². The molecule has 2 atom stereocenters. The van der Waals surface area contributed by atoms with Crippen LogP contribution >= 0.6 is 11.3 Å². The molecule has 1 fully saturated rings. The molecule has 1 aromatic heterocycles. The van der Waals surface area contributed by atoms with Crippen molar-refractivity contribution in [2.24, 2.45) is 0 Å². The molecular formula is C14H24N2OS. The third-order valence-corrected chi connectivity index (χ3v) is 4.77. The average molecular weight is 268 g/mol. The standard InChI is InChI=1S/C14H24N2OS/c1-10(14-11(2)16-12(3)18-14)15-8-4-6-13-7-5-9-17-13/h10,13,15H,4-9H2,1-3H3. The molecule has 2 heterocycles. The van der Waals surface area contributed by atoms with E-state index in [9.17, 15) is 0 Å². The van der Waals surface area contributed by atoms with Gasteiger partial charge < -0.3 is 10.1 Å². The summed E-state index contributed by atoms with van der Waals surface area (Å²) in [6.07, 6.45) is 5.41. The molecule has 18 heavy (non-hydrogen) atoms. The van der Waals surface area contributed by atoms with Crippen LogP contribution in [0.2, 0.25) is 0 Å². The summed E-state index contributed by atoms with van der Waals surface area (Å²) in [5, 5.41) is 4.75. The molecule has 0 aromatic carbocycles. The van der Waals surface area contributed by atoms with E-state index in [0.29, 0.717) is 12.1 Å². The molecule has 1 aromatic rings. The Bertz CT molecular complexity index is 372. The van der Waals surface area contributed by atoms with Gasteiger partial charge in [0.05, 0.1) is 16.8 Å².